The monoisotopic (exact) mass is 523 g/mol. The fourth-order valence-corrected chi connectivity index (χ4v) is 2.49. The van der Waals surface area contributed by atoms with Crippen molar-refractivity contribution in [2.45, 2.75) is 32.2 Å². The minimum absolute atomic E-state index is 0. The van der Waals surface area contributed by atoms with Crippen LogP contribution in [0, 0.1) is 0 Å². The number of hydrogen-bond acceptors (Lipinski definition) is 3. The third-order valence-electron chi connectivity index (χ3n) is 3.96. The fourth-order valence-electron chi connectivity index (χ4n) is 2.49. The lowest BCUT2D eigenvalue weighted by Gasteiger charge is -2.17. The first kappa shape index (κ1) is 25.0. The minimum atomic E-state index is -4.41. The Hall–Kier alpha value is -2.01. The van der Waals surface area contributed by atoms with E-state index in [-0.39, 0.29) is 42.2 Å². The minimum Gasteiger partial charge on any atom is -0.488 e. The van der Waals surface area contributed by atoms with Gasteiger partial charge in [0, 0.05) is 18.4 Å². The molecule has 0 saturated carbocycles. The molecule has 0 aromatic heterocycles. The first-order valence-electron chi connectivity index (χ1n) is 8.81. The molecule has 0 aliphatic rings. The molecule has 9 heteroatoms. The Morgan fingerprint density at radius 2 is 1.90 bits per heavy atom. The second kappa shape index (κ2) is 11.9. The van der Waals surface area contributed by atoms with E-state index in [2.05, 4.69) is 10.3 Å². The summed E-state index contributed by atoms with van der Waals surface area (Å²) in [7, 11) is 1.60. The van der Waals surface area contributed by atoms with E-state index in [1.54, 1.807) is 7.11 Å². The molecular weight excluding hydrogens is 498 g/mol. The van der Waals surface area contributed by atoms with E-state index in [9.17, 15) is 13.2 Å². The number of para-hydroxylation sites is 1. The summed E-state index contributed by atoms with van der Waals surface area (Å²) in [5, 5.41) is 3.01. The Balaban J connectivity index is 0.00000420. The van der Waals surface area contributed by atoms with Gasteiger partial charge in [0.1, 0.15) is 11.9 Å². The molecule has 0 heterocycles. The molecule has 0 saturated heterocycles. The van der Waals surface area contributed by atoms with Gasteiger partial charge in [0.25, 0.3) is 0 Å². The SMILES string of the molecule is CCC(CN=C(N)Nc1ccccc1COC)Oc1cccc(C(F)(F)F)c1.I. The highest BCUT2D eigenvalue weighted by Crippen LogP contribution is 2.31. The average molecular weight is 523 g/mol. The maximum absolute atomic E-state index is 12.8. The van der Waals surface area contributed by atoms with Crippen molar-refractivity contribution in [1.82, 2.24) is 0 Å². The van der Waals surface area contributed by atoms with Crippen LogP contribution in [0.15, 0.2) is 53.5 Å². The number of nitrogens with two attached hydrogens (primary N) is 1. The van der Waals surface area contributed by atoms with Crippen LogP contribution < -0.4 is 15.8 Å². The molecule has 0 fully saturated rings. The number of aliphatic imine (C=N–C) groups is 1. The van der Waals surface area contributed by atoms with Crippen LogP contribution in [0.5, 0.6) is 5.75 Å². The zero-order chi connectivity index (χ0) is 20.6. The lowest BCUT2D eigenvalue weighted by Crippen LogP contribution is -2.27. The number of nitrogens with one attached hydrogen (secondary N) is 1. The van der Waals surface area contributed by atoms with Crippen LogP contribution in [0.2, 0.25) is 0 Å². The van der Waals surface area contributed by atoms with Crippen molar-refractivity contribution in [2.24, 2.45) is 10.7 Å². The van der Waals surface area contributed by atoms with Gasteiger partial charge >= 0.3 is 6.18 Å². The number of halogens is 4. The molecule has 1 atom stereocenters. The quantitative estimate of drug-likeness (QED) is 0.289. The Morgan fingerprint density at radius 3 is 2.55 bits per heavy atom. The molecule has 1 unspecified atom stereocenters. The van der Waals surface area contributed by atoms with E-state index in [1.807, 2.05) is 31.2 Å². The van der Waals surface area contributed by atoms with Crippen molar-refractivity contribution >= 4 is 35.6 Å². The van der Waals surface area contributed by atoms with E-state index >= 15 is 0 Å². The lowest BCUT2D eigenvalue weighted by atomic mass is 10.2. The second-order valence-electron chi connectivity index (χ2n) is 6.11. The molecule has 29 heavy (non-hydrogen) atoms. The summed E-state index contributed by atoms with van der Waals surface area (Å²) in [6.45, 7) is 2.50. The van der Waals surface area contributed by atoms with Crippen molar-refractivity contribution < 1.29 is 22.6 Å². The van der Waals surface area contributed by atoms with E-state index < -0.39 is 17.8 Å². The highest BCUT2D eigenvalue weighted by molar-refractivity contribution is 14.0. The highest BCUT2D eigenvalue weighted by atomic mass is 127. The van der Waals surface area contributed by atoms with Crippen LogP contribution in [0.1, 0.15) is 24.5 Å². The average Bonchev–Trinajstić information content (AvgIpc) is 2.66. The van der Waals surface area contributed by atoms with Crippen LogP contribution in [0.3, 0.4) is 0 Å². The van der Waals surface area contributed by atoms with Crippen molar-refractivity contribution in [3.63, 3.8) is 0 Å². The Bertz CT molecular complexity index is 801. The number of rotatable bonds is 8. The number of hydrogen-bond donors (Lipinski definition) is 2. The van der Waals surface area contributed by atoms with Gasteiger partial charge in [0.15, 0.2) is 5.96 Å². The van der Waals surface area contributed by atoms with Crippen LogP contribution in [-0.4, -0.2) is 25.7 Å². The molecule has 0 radical (unpaired) electrons. The van der Waals surface area contributed by atoms with Gasteiger partial charge in [-0.3, -0.25) is 0 Å². The van der Waals surface area contributed by atoms with Crippen molar-refractivity contribution in [2.75, 3.05) is 19.0 Å². The predicted molar refractivity (Wildman–Crippen MR) is 119 cm³/mol. The van der Waals surface area contributed by atoms with Gasteiger partial charge in [-0.05, 0) is 30.7 Å². The van der Waals surface area contributed by atoms with Crippen molar-refractivity contribution in [3.05, 3.63) is 59.7 Å². The van der Waals surface area contributed by atoms with Crippen molar-refractivity contribution in [1.29, 1.82) is 0 Å². The number of alkyl halides is 3. The summed E-state index contributed by atoms with van der Waals surface area (Å²) in [6.07, 6.45) is -4.26. The topological polar surface area (TPSA) is 68.9 Å². The van der Waals surface area contributed by atoms with E-state index in [0.29, 0.717) is 13.0 Å². The smallest absolute Gasteiger partial charge is 0.416 e. The summed E-state index contributed by atoms with van der Waals surface area (Å²) >= 11 is 0. The molecule has 0 amide bonds. The van der Waals surface area contributed by atoms with Gasteiger partial charge in [-0.1, -0.05) is 31.2 Å². The number of guanidine groups is 1. The molecule has 3 N–H and O–H groups in total. The molecule has 2 aromatic carbocycles. The van der Waals surface area contributed by atoms with Gasteiger partial charge in [0.05, 0.1) is 18.7 Å². The normalized spacial score (nSPS) is 12.8. The van der Waals surface area contributed by atoms with Crippen LogP contribution in [0.25, 0.3) is 0 Å². The van der Waals surface area contributed by atoms with Crippen molar-refractivity contribution in [3.8, 4) is 5.75 Å². The number of ether oxygens (including phenoxy) is 2. The maximum Gasteiger partial charge on any atom is 0.416 e. The maximum atomic E-state index is 12.8. The van der Waals surface area contributed by atoms with E-state index in [4.69, 9.17) is 15.2 Å². The summed E-state index contributed by atoms with van der Waals surface area (Å²) in [4.78, 5) is 4.25. The Kier molecular flexibility index (Phi) is 10.2. The van der Waals surface area contributed by atoms with E-state index in [0.717, 1.165) is 23.4 Å². The Labute approximate surface area is 185 Å². The van der Waals surface area contributed by atoms with Crippen LogP contribution >= 0.6 is 24.0 Å². The van der Waals surface area contributed by atoms with Crippen LogP contribution in [0.4, 0.5) is 18.9 Å². The highest BCUT2D eigenvalue weighted by Gasteiger charge is 2.30. The fraction of sp³-hybridized carbons (Fsp3) is 0.350. The lowest BCUT2D eigenvalue weighted by molar-refractivity contribution is -0.137. The van der Waals surface area contributed by atoms with Gasteiger partial charge < -0.3 is 20.5 Å². The number of methoxy groups -OCH3 is 1. The first-order chi connectivity index (χ1) is 13.3. The van der Waals surface area contributed by atoms with Gasteiger partial charge in [-0.25, -0.2) is 4.99 Å². The summed E-state index contributed by atoms with van der Waals surface area (Å²) < 4.78 is 49.3. The zero-order valence-corrected chi connectivity index (χ0v) is 18.5. The summed E-state index contributed by atoms with van der Waals surface area (Å²) in [5.74, 6) is 0.337. The molecule has 2 rings (SSSR count). The van der Waals surface area contributed by atoms with Crippen LogP contribution in [-0.2, 0) is 17.5 Å². The van der Waals surface area contributed by atoms with Gasteiger partial charge in [-0.15, -0.1) is 24.0 Å². The number of benzene rings is 2. The third kappa shape index (κ3) is 8.09. The molecule has 0 spiro atoms. The van der Waals surface area contributed by atoms with Gasteiger partial charge in [0.2, 0.25) is 0 Å². The molecule has 160 valence electrons. The molecule has 0 aliphatic heterocycles. The van der Waals surface area contributed by atoms with Gasteiger partial charge in [-0.2, -0.15) is 13.2 Å². The molecule has 0 bridgehead atoms. The first-order valence-corrected chi connectivity index (χ1v) is 8.81. The molecule has 0 aliphatic carbocycles. The second-order valence-corrected chi connectivity index (χ2v) is 6.11. The summed E-state index contributed by atoms with van der Waals surface area (Å²) in [5.41, 5.74) is 6.89. The number of anilines is 1. The standard InChI is InChI=1S/C20H24F3N3O2.HI/c1-3-16(28-17-9-6-8-15(11-17)20(21,22)23)12-25-19(24)26-18-10-5-4-7-14(18)13-27-2;/h4-11,16H,3,12-13H2,1-2H3,(H3,24,25,26);1H. The van der Waals surface area contributed by atoms with E-state index in [1.165, 1.54) is 12.1 Å². The largest absolute Gasteiger partial charge is 0.488 e. The Morgan fingerprint density at radius 1 is 1.17 bits per heavy atom. The summed E-state index contributed by atoms with van der Waals surface area (Å²) in [6, 6.07) is 12.3. The molecule has 2 aromatic rings. The zero-order valence-electron chi connectivity index (χ0n) is 16.2. The third-order valence-corrected chi connectivity index (χ3v) is 3.96. The molecule has 5 nitrogen and oxygen atoms in total. The molecular formula is C20H25F3IN3O2. The number of nitrogens with zero attached hydrogens (tertiary/aromatic N) is 1. The predicted octanol–water partition coefficient (Wildman–Crippen LogP) is 5.05.